The fraction of sp³-hybridized carbons (Fsp3) is 0.548. The number of amides is 4. The van der Waals surface area contributed by atoms with E-state index in [1.54, 1.807) is 35.7 Å². The number of aliphatic hydroxyl groups excluding tert-OH is 1. The minimum atomic E-state index is -1.79. The van der Waals surface area contributed by atoms with Crippen molar-refractivity contribution in [2.75, 3.05) is 50.0 Å². The summed E-state index contributed by atoms with van der Waals surface area (Å²) in [5.74, 6) is 1.00. The highest BCUT2D eigenvalue weighted by atomic mass is 28.4. The predicted octanol–water partition coefficient (Wildman–Crippen LogP) is 11.1. The Morgan fingerprint density at radius 3 is 1.49 bits per heavy atom. The first-order valence-electron chi connectivity index (χ1n) is 29.7. The molecule has 0 radical (unpaired) electrons. The van der Waals surface area contributed by atoms with Gasteiger partial charge in [-0.15, -0.1) is 0 Å². The van der Waals surface area contributed by atoms with Gasteiger partial charge in [-0.2, -0.15) is 10.2 Å². The number of rotatable bonds is 16. The molecular formula is C62H88N14O6Si. The Labute approximate surface area is 491 Å². The molecule has 5 N–H and O–H groups in total. The Balaban J connectivity index is 0.000000202. The second-order valence-corrected chi connectivity index (χ2v) is 30.7. The summed E-state index contributed by atoms with van der Waals surface area (Å²) in [5.41, 5.74) is 9.82. The van der Waals surface area contributed by atoms with Crippen molar-refractivity contribution in [1.82, 2.24) is 59.9 Å². The van der Waals surface area contributed by atoms with Crippen LogP contribution in [0.4, 0.5) is 32.9 Å². The lowest BCUT2D eigenvalue weighted by molar-refractivity contribution is -0.111. The fourth-order valence-corrected chi connectivity index (χ4v) is 11.7. The van der Waals surface area contributed by atoms with Crippen LogP contribution in [0.25, 0.3) is 22.5 Å². The monoisotopic (exact) mass is 1150 g/mol. The maximum Gasteiger partial charge on any atom is 0.318 e. The van der Waals surface area contributed by atoms with Crippen molar-refractivity contribution in [1.29, 1.82) is 0 Å². The van der Waals surface area contributed by atoms with Gasteiger partial charge in [0.1, 0.15) is 0 Å². The summed E-state index contributed by atoms with van der Waals surface area (Å²) < 4.78 is 21.8. The molecule has 0 saturated carbocycles. The van der Waals surface area contributed by atoms with Crippen LogP contribution in [0.1, 0.15) is 135 Å². The van der Waals surface area contributed by atoms with Gasteiger partial charge in [-0.25, -0.2) is 29.5 Å². The summed E-state index contributed by atoms with van der Waals surface area (Å²) in [7, 11) is -1.79. The maximum atomic E-state index is 13.1. The third-order valence-electron chi connectivity index (χ3n) is 15.9. The summed E-state index contributed by atoms with van der Waals surface area (Å²) in [6.07, 6.45) is 19.1. The number of anilines is 4. The number of aryl methyl sites for hydroxylation is 2. The molecule has 4 amide bonds. The zero-order valence-electron chi connectivity index (χ0n) is 50.7. The molecule has 4 aromatic heterocycles. The van der Waals surface area contributed by atoms with E-state index < -0.39 is 8.32 Å². The highest BCUT2D eigenvalue weighted by Crippen LogP contribution is 2.38. The van der Waals surface area contributed by atoms with Crippen molar-refractivity contribution in [2.45, 2.75) is 180 Å². The Bertz CT molecular complexity index is 3150. The van der Waals surface area contributed by atoms with Gasteiger partial charge in [0, 0.05) is 35.9 Å². The van der Waals surface area contributed by atoms with E-state index in [0.717, 1.165) is 85.3 Å². The smallest absolute Gasteiger partial charge is 0.318 e. The van der Waals surface area contributed by atoms with E-state index >= 15 is 0 Å². The van der Waals surface area contributed by atoms with Crippen LogP contribution in [0.2, 0.25) is 18.1 Å². The van der Waals surface area contributed by atoms with E-state index in [1.807, 2.05) is 53.6 Å². The molecule has 10 rings (SSSR count). The number of ether oxygens (including phenoxy) is 2. The molecule has 2 atom stereocenters. The van der Waals surface area contributed by atoms with Crippen molar-refractivity contribution in [3.05, 3.63) is 108 Å². The number of nitrogens with one attached hydrogen (secondary N) is 4. The molecule has 2 fully saturated rings. The molecule has 0 spiro atoms. The minimum absolute atomic E-state index is 0.00178. The first-order valence-corrected chi connectivity index (χ1v) is 32.6. The first-order chi connectivity index (χ1) is 39.4. The number of hydrogen-bond acceptors (Lipinski definition) is 14. The quantitative estimate of drug-likeness (QED) is 0.0449. The number of nitrogens with zero attached hydrogens (tertiary/aromatic N) is 10. The molecule has 21 heteroatoms. The van der Waals surface area contributed by atoms with Crippen LogP contribution < -0.4 is 21.3 Å². The van der Waals surface area contributed by atoms with Gasteiger partial charge in [0.25, 0.3) is 0 Å². The summed E-state index contributed by atoms with van der Waals surface area (Å²) in [5, 5.41) is 31.0. The summed E-state index contributed by atoms with van der Waals surface area (Å²) in [6.45, 7) is 27.9. The third kappa shape index (κ3) is 16.5. The number of carbonyl (C=O) groups is 2. The zero-order chi connectivity index (χ0) is 59.1. The second-order valence-electron chi connectivity index (χ2n) is 25.9. The molecule has 6 heterocycles. The topological polar surface area (TPSA) is 224 Å². The van der Waals surface area contributed by atoms with E-state index in [1.165, 1.54) is 22.3 Å². The zero-order valence-corrected chi connectivity index (χ0v) is 51.7. The molecule has 2 aliphatic carbocycles. The molecule has 20 nitrogen and oxygen atoms in total. The Morgan fingerprint density at radius 2 is 1.07 bits per heavy atom. The van der Waals surface area contributed by atoms with Crippen LogP contribution >= 0.6 is 0 Å². The summed E-state index contributed by atoms with van der Waals surface area (Å²) in [4.78, 5) is 48.0. The Hall–Kier alpha value is -6.78. The van der Waals surface area contributed by atoms with Gasteiger partial charge < -0.3 is 50.1 Å². The van der Waals surface area contributed by atoms with E-state index in [-0.39, 0.29) is 59.2 Å². The van der Waals surface area contributed by atoms with Crippen molar-refractivity contribution in [2.24, 2.45) is 0 Å². The lowest BCUT2D eigenvalue weighted by Gasteiger charge is -2.42. The molecule has 2 aromatic carbocycles. The second kappa shape index (κ2) is 26.0. The largest absolute Gasteiger partial charge is 0.415 e. The highest BCUT2D eigenvalue weighted by Gasteiger charge is 2.38. The number of aromatic nitrogens is 8. The molecule has 6 aromatic rings. The van der Waals surface area contributed by atoms with Crippen LogP contribution in [0.15, 0.2) is 85.7 Å². The average molecular weight is 1150 g/mol. The van der Waals surface area contributed by atoms with Crippen molar-refractivity contribution in [3.63, 3.8) is 0 Å². The third-order valence-corrected chi connectivity index (χ3v) is 20.5. The van der Waals surface area contributed by atoms with Crippen LogP contribution in [0.5, 0.6) is 0 Å². The number of aliphatic hydroxyl groups is 1. The van der Waals surface area contributed by atoms with Crippen LogP contribution in [-0.2, 0) is 39.8 Å². The number of likely N-dealkylation sites (tertiary alicyclic amines) is 2. The lowest BCUT2D eigenvalue weighted by atomic mass is 9.95. The van der Waals surface area contributed by atoms with Gasteiger partial charge in [-0.1, -0.05) is 57.9 Å². The van der Waals surface area contributed by atoms with Crippen LogP contribution in [-0.4, -0.2) is 138 Å². The molecule has 2 unspecified atom stereocenters. The molecule has 2 saturated heterocycles. The molecule has 83 heavy (non-hydrogen) atoms. The predicted molar refractivity (Wildman–Crippen MR) is 326 cm³/mol. The number of carbonyl (C=O) groups excluding carboxylic acids is 2. The van der Waals surface area contributed by atoms with Gasteiger partial charge in [-0.05, 0) is 145 Å². The molecule has 446 valence electrons. The van der Waals surface area contributed by atoms with E-state index in [4.69, 9.17) is 29.0 Å². The van der Waals surface area contributed by atoms with Gasteiger partial charge in [0.05, 0.1) is 123 Å². The number of hydrogen-bond donors (Lipinski definition) is 5. The standard InChI is InChI=1S/C34H51N7O3Si.C28H37N7O3/c1-33(2,3)44-27-22-40(23-27)32(42)39-30-12-10-9-11-24-19-25(13-14-28(24)30)29-15-16-35-31(38-29)37-26-20-36-41(21-26)17-18-43-45(7,8)34(4,5)6;1-28(2,3)38-22-17-34(18-22)27(37)33-25-7-5-4-6-19-14-20(8-9-23(19)25)24-10-11-29-26(32-24)31-21-15-30-35(16-21)12-13-36/h13-16,19-21,27,30H,9-12,17-18,22-23H2,1-8H3,(H,39,42)(H,35,37,38);8-11,14-16,22,25,36H,4-7,12-13,17-18H2,1-3H3,(H,33,37)(H,29,31,32). The lowest BCUT2D eigenvalue weighted by Crippen LogP contribution is -2.59. The van der Waals surface area contributed by atoms with Crippen LogP contribution in [0, 0.1) is 0 Å². The highest BCUT2D eigenvalue weighted by molar-refractivity contribution is 6.74. The van der Waals surface area contributed by atoms with Gasteiger partial charge >= 0.3 is 12.1 Å². The van der Waals surface area contributed by atoms with Crippen molar-refractivity contribution < 1.29 is 28.6 Å². The Kier molecular flexibility index (Phi) is 19.0. The van der Waals surface area contributed by atoms with E-state index in [0.29, 0.717) is 57.8 Å². The van der Waals surface area contributed by atoms with Gasteiger partial charge in [0.15, 0.2) is 8.32 Å². The SMILES string of the molecule is CC(C)(C)OC1CN(C(=O)NC2CCCCc3cc(-c4ccnc(Nc5cnn(CCO)c5)n4)ccc32)C1.CC(C)(C)OC1CN(C(=O)NC2CCCCc3cc(-c4ccnc(Nc5cnn(CCO[Si](C)(C)C(C)(C)C)c5)n4)ccc32)C1. The number of benzene rings is 2. The van der Waals surface area contributed by atoms with Gasteiger partial charge in [-0.3, -0.25) is 9.36 Å². The number of fused-ring (bicyclic) bond motifs is 2. The maximum absolute atomic E-state index is 13.1. The van der Waals surface area contributed by atoms with Crippen molar-refractivity contribution in [3.8, 4) is 22.5 Å². The molecule has 2 aliphatic heterocycles. The first kappa shape index (κ1) is 60.8. The number of urea groups is 2. The summed E-state index contributed by atoms with van der Waals surface area (Å²) in [6, 6.07) is 16.7. The normalized spacial score (nSPS) is 17.8. The van der Waals surface area contributed by atoms with E-state index in [9.17, 15) is 9.59 Å². The van der Waals surface area contributed by atoms with E-state index in [2.05, 4.69) is 132 Å². The van der Waals surface area contributed by atoms with Crippen LogP contribution in [0.3, 0.4) is 0 Å². The average Bonchev–Trinajstić information content (AvgIpc) is 4.01. The fourth-order valence-electron chi connectivity index (χ4n) is 10.7. The molecular weight excluding hydrogens is 1060 g/mol. The van der Waals surface area contributed by atoms with Gasteiger partial charge in [0.2, 0.25) is 11.9 Å². The molecule has 4 aliphatic rings. The minimum Gasteiger partial charge on any atom is -0.415 e. The van der Waals surface area contributed by atoms with Crippen molar-refractivity contribution >= 4 is 43.7 Å². The molecule has 0 bridgehead atoms. The summed E-state index contributed by atoms with van der Waals surface area (Å²) >= 11 is 0. The Morgan fingerprint density at radius 1 is 0.627 bits per heavy atom.